The Kier molecular flexibility index (Phi) is 7.70. The fraction of sp³-hybridized carbons (Fsp3) is 1.00. The molecule has 0 saturated carbocycles. The van der Waals surface area contributed by atoms with Crippen molar-refractivity contribution in [2.75, 3.05) is 26.6 Å². The van der Waals surface area contributed by atoms with E-state index in [0.29, 0.717) is 19.8 Å². The zero-order valence-electron chi connectivity index (χ0n) is 5.63. The summed E-state index contributed by atoms with van der Waals surface area (Å²) < 4.78 is 4.93. The van der Waals surface area contributed by atoms with Gasteiger partial charge in [0.05, 0.1) is 6.61 Å². The van der Waals surface area contributed by atoms with Crippen molar-refractivity contribution in [1.82, 2.24) is 0 Å². The van der Waals surface area contributed by atoms with E-state index < -0.39 is 0 Å². The third kappa shape index (κ3) is 7.84. The molecule has 0 saturated heterocycles. The van der Waals surface area contributed by atoms with Crippen molar-refractivity contribution in [3.8, 4) is 0 Å². The van der Waals surface area contributed by atoms with Gasteiger partial charge >= 0.3 is 0 Å². The highest BCUT2D eigenvalue weighted by Crippen LogP contribution is 1.76. The molecule has 56 valence electrons. The molecule has 0 heterocycles. The Balaban J connectivity index is 2.60. The topological polar surface area (TPSA) is 53.7 Å². The van der Waals surface area contributed by atoms with Crippen molar-refractivity contribution in [3.05, 3.63) is 0 Å². The molecule has 9 heavy (non-hydrogen) atoms. The highest BCUT2D eigenvalue weighted by molar-refractivity contribution is 4.21. The first-order valence-electron chi connectivity index (χ1n) is 2.94. The van der Waals surface area contributed by atoms with Gasteiger partial charge in [-0.2, -0.15) is 0 Å². The molecule has 0 spiro atoms. The second kappa shape index (κ2) is 7.84. The third-order valence-electron chi connectivity index (χ3n) is 0.667. The van der Waals surface area contributed by atoms with Gasteiger partial charge in [-0.3, -0.25) is 0 Å². The van der Waals surface area contributed by atoms with Crippen LogP contribution in [-0.4, -0.2) is 26.6 Å². The molecule has 0 aromatic heterocycles. The van der Waals surface area contributed by atoms with Gasteiger partial charge in [-0.05, 0) is 6.92 Å². The predicted molar refractivity (Wildman–Crippen MR) is 32.6 cm³/mol. The summed E-state index contributed by atoms with van der Waals surface area (Å²) in [6.45, 7) is 3.70. The van der Waals surface area contributed by atoms with Crippen molar-refractivity contribution in [1.29, 1.82) is 0 Å². The molecular weight excluding hydrogens is 122 g/mol. The second-order valence-corrected chi connectivity index (χ2v) is 1.30. The lowest BCUT2D eigenvalue weighted by atomic mass is 10.7. The Morgan fingerprint density at radius 2 is 2.00 bits per heavy atom. The summed E-state index contributed by atoms with van der Waals surface area (Å²) >= 11 is 0. The molecule has 0 bridgehead atoms. The van der Waals surface area contributed by atoms with Crippen LogP contribution >= 0.6 is 0 Å². The van der Waals surface area contributed by atoms with E-state index in [2.05, 4.69) is 9.78 Å². The molecule has 0 aliphatic heterocycles. The first kappa shape index (κ1) is 8.84. The van der Waals surface area contributed by atoms with E-state index in [-0.39, 0.29) is 6.73 Å². The van der Waals surface area contributed by atoms with E-state index in [4.69, 9.17) is 10.5 Å². The van der Waals surface area contributed by atoms with Gasteiger partial charge in [-0.1, -0.05) is 0 Å². The molecule has 4 heteroatoms. The summed E-state index contributed by atoms with van der Waals surface area (Å²) in [5.74, 6) is 0. The van der Waals surface area contributed by atoms with E-state index in [1.807, 2.05) is 6.92 Å². The predicted octanol–water partition coefficient (Wildman–Crippen LogP) is -0.113. The normalized spacial score (nSPS) is 10.0. The SMILES string of the molecule is CCOCCOOCN. The number of hydrogen-bond donors (Lipinski definition) is 1. The van der Waals surface area contributed by atoms with Crippen molar-refractivity contribution >= 4 is 0 Å². The van der Waals surface area contributed by atoms with Crippen molar-refractivity contribution in [3.63, 3.8) is 0 Å². The number of hydrogen-bond acceptors (Lipinski definition) is 4. The molecule has 0 amide bonds. The van der Waals surface area contributed by atoms with Crippen molar-refractivity contribution in [2.24, 2.45) is 5.73 Å². The summed E-state index contributed by atoms with van der Waals surface area (Å²) in [6, 6.07) is 0. The van der Waals surface area contributed by atoms with Gasteiger partial charge in [0.1, 0.15) is 13.3 Å². The van der Waals surface area contributed by atoms with Crippen LogP contribution in [0.15, 0.2) is 0 Å². The minimum atomic E-state index is 0.0894. The quantitative estimate of drug-likeness (QED) is 0.239. The largest absolute Gasteiger partial charge is 0.379 e. The highest BCUT2D eigenvalue weighted by Gasteiger charge is 1.84. The fourth-order valence-electron chi connectivity index (χ4n) is 0.344. The lowest BCUT2D eigenvalue weighted by Gasteiger charge is -2.00. The number of rotatable bonds is 6. The fourth-order valence-corrected chi connectivity index (χ4v) is 0.344. The molecule has 0 aromatic rings. The monoisotopic (exact) mass is 135 g/mol. The molecule has 0 rings (SSSR count). The molecule has 0 atom stereocenters. The zero-order valence-corrected chi connectivity index (χ0v) is 5.63. The molecule has 2 N–H and O–H groups in total. The van der Waals surface area contributed by atoms with E-state index in [1.165, 1.54) is 0 Å². The molecule has 0 aromatic carbocycles. The Hall–Kier alpha value is -0.160. The molecule has 0 fully saturated rings. The molecule has 4 nitrogen and oxygen atoms in total. The first-order chi connectivity index (χ1) is 4.41. The van der Waals surface area contributed by atoms with Crippen LogP contribution in [0.2, 0.25) is 0 Å². The van der Waals surface area contributed by atoms with Crippen LogP contribution in [0.3, 0.4) is 0 Å². The molecule has 0 aliphatic rings. The van der Waals surface area contributed by atoms with Gasteiger partial charge in [0.25, 0.3) is 0 Å². The molecular formula is C5H13NO3. The summed E-state index contributed by atoms with van der Waals surface area (Å²) in [4.78, 5) is 8.91. The average Bonchev–Trinajstić information content (AvgIpc) is 1.89. The van der Waals surface area contributed by atoms with E-state index in [9.17, 15) is 0 Å². The van der Waals surface area contributed by atoms with Crippen LogP contribution in [0.25, 0.3) is 0 Å². The molecule has 0 aliphatic carbocycles. The Morgan fingerprint density at radius 1 is 1.22 bits per heavy atom. The highest BCUT2D eigenvalue weighted by atomic mass is 17.2. The molecule has 0 unspecified atom stereocenters. The van der Waals surface area contributed by atoms with Gasteiger partial charge in [-0.15, -0.1) is 0 Å². The second-order valence-electron chi connectivity index (χ2n) is 1.30. The van der Waals surface area contributed by atoms with Gasteiger partial charge in [0.2, 0.25) is 0 Å². The minimum Gasteiger partial charge on any atom is -0.379 e. The summed E-state index contributed by atoms with van der Waals surface area (Å²) in [5.41, 5.74) is 4.96. The maximum Gasteiger partial charge on any atom is 0.130 e. The first-order valence-corrected chi connectivity index (χ1v) is 2.94. The van der Waals surface area contributed by atoms with Crippen LogP contribution in [0.5, 0.6) is 0 Å². The van der Waals surface area contributed by atoms with Gasteiger partial charge in [-0.25, -0.2) is 9.78 Å². The Bertz CT molecular complexity index is 45.5. The maximum atomic E-state index is 4.96. The van der Waals surface area contributed by atoms with Crippen LogP contribution in [0, 0.1) is 0 Å². The number of ether oxygens (including phenoxy) is 1. The van der Waals surface area contributed by atoms with Gasteiger partial charge < -0.3 is 10.5 Å². The summed E-state index contributed by atoms with van der Waals surface area (Å²) in [7, 11) is 0. The van der Waals surface area contributed by atoms with Gasteiger partial charge in [0, 0.05) is 6.61 Å². The van der Waals surface area contributed by atoms with E-state index in [1.54, 1.807) is 0 Å². The lowest BCUT2D eigenvalue weighted by molar-refractivity contribution is -0.297. The van der Waals surface area contributed by atoms with E-state index in [0.717, 1.165) is 0 Å². The van der Waals surface area contributed by atoms with Crippen LogP contribution in [-0.2, 0) is 14.5 Å². The van der Waals surface area contributed by atoms with E-state index >= 15 is 0 Å². The van der Waals surface area contributed by atoms with Crippen LogP contribution in [0.4, 0.5) is 0 Å². The van der Waals surface area contributed by atoms with Crippen LogP contribution < -0.4 is 5.73 Å². The summed E-state index contributed by atoms with van der Waals surface area (Å²) in [6.07, 6.45) is 0. The lowest BCUT2D eigenvalue weighted by Crippen LogP contribution is -2.09. The minimum absolute atomic E-state index is 0.0894. The molecule has 0 radical (unpaired) electrons. The van der Waals surface area contributed by atoms with Crippen molar-refractivity contribution < 1.29 is 14.5 Å². The Labute approximate surface area is 54.8 Å². The average molecular weight is 135 g/mol. The third-order valence-corrected chi connectivity index (χ3v) is 0.667. The maximum absolute atomic E-state index is 4.96. The smallest absolute Gasteiger partial charge is 0.130 e. The van der Waals surface area contributed by atoms with Crippen LogP contribution in [0.1, 0.15) is 6.92 Å². The Morgan fingerprint density at radius 3 is 2.56 bits per heavy atom. The summed E-state index contributed by atoms with van der Waals surface area (Å²) in [5, 5.41) is 0. The zero-order chi connectivity index (χ0) is 6.95. The number of nitrogens with two attached hydrogens (primary N) is 1. The van der Waals surface area contributed by atoms with Crippen molar-refractivity contribution in [2.45, 2.75) is 6.92 Å². The standard InChI is InChI=1S/C5H13NO3/c1-2-7-3-4-8-9-5-6/h2-6H2,1H3. The van der Waals surface area contributed by atoms with Gasteiger partial charge in [0.15, 0.2) is 0 Å².